The zero-order valence-electron chi connectivity index (χ0n) is 12.3. The summed E-state index contributed by atoms with van der Waals surface area (Å²) >= 11 is 0. The monoisotopic (exact) mass is 288 g/mol. The number of nitrogens with two attached hydrogens (primary N) is 1. The molecule has 0 aliphatic heterocycles. The molecule has 22 heavy (non-hydrogen) atoms. The van der Waals surface area contributed by atoms with Gasteiger partial charge in [0.1, 0.15) is 5.71 Å². The first-order valence-electron chi connectivity index (χ1n) is 7.05. The molecule has 0 unspecified atom stereocenters. The molecule has 0 saturated carbocycles. The number of aromatic nitrogens is 2. The molecule has 0 fully saturated rings. The summed E-state index contributed by atoms with van der Waals surface area (Å²) in [5.74, 6) is 5.65. The fraction of sp³-hybridized carbons (Fsp3) is 0.0556. The summed E-state index contributed by atoms with van der Waals surface area (Å²) in [5, 5.41) is 5.04. The van der Waals surface area contributed by atoms with Crippen molar-refractivity contribution in [1.29, 1.82) is 0 Å². The van der Waals surface area contributed by atoms with E-state index in [0.717, 1.165) is 27.7 Å². The maximum Gasteiger partial charge on any atom is 0.116 e. The topological polar surface area (TPSA) is 64.2 Å². The molecule has 2 heterocycles. The average Bonchev–Trinajstić information content (AvgIpc) is 2.60. The molecule has 2 N–H and O–H groups in total. The second-order valence-corrected chi connectivity index (χ2v) is 4.77. The fourth-order valence-electron chi connectivity index (χ4n) is 2.53. The molecule has 0 aliphatic rings. The summed E-state index contributed by atoms with van der Waals surface area (Å²) in [6, 6.07) is 15.7. The van der Waals surface area contributed by atoms with Crippen LogP contribution < -0.4 is 5.84 Å². The smallest absolute Gasteiger partial charge is 0.116 e. The second-order valence-electron chi connectivity index (χ2n) is 4.77. The van der Waals surface area contributed by atoms with Crippen LogP contribution in [0.4, 0.5) is 0 Å². The van der Waals surface area contributed by atoms with E-state index in [1.807, 2.05) is 61.5 Å². The van der Waals surface area contributed by atoms with Crippen molar-refractivity contribution in [3.63, 3.8) is 0 Å². The molecule has 1 aromatic carbocycles. The molecule has 2 aromatic heterocycles. The number of nitrogens with zero attached hydrogens (tertiary/aromatic N) is 3. The van der Waals surface area contributed by atoms with E-state index in [9.17, 15) is 0 Å². The van der Waals surface area contributed by atoms with Gasteiger partial charge in [0.15, 0.2) is 0 Å². The van der Waals surface area contributed by atoms with E-state index in [0.29, 0.717) is 5.71 Å². The van der Waals surface area contributed by atoms with Crippen LogP contribution in [-0.2, 0) is 0 Å². The summed E-state index contributed by atoms with van der Waals surface area (Å²) in [4.78, 5) is 8.76. The number of allylic oxidation sites excluding steroid dienone is 2. The van der Waals surface area contributed by atoms with Crippen molar-refractivity contribution in [2.45, 2.75) is 6.92 Å². The van der Waals surface area contributed by atoms with Gasteiger partial charge in [-0.25, -0.2) is 0 Å². The Morgan fingerprint density at radius 2 is 1.82 bits per heavy atom. The Morgan fingerprint density at radius 1 is 1.00 bits per heavy atom. The maximum atomic E-state index is 5.65. The van der Waals surface area contributed by atoms with Crippen LogP contribution in [0.5, 0.6) is 0 Å². The minimum Gasteiger partial charge on any atom is -0.323 e. The van der Waals surface area contributed by atoms with Crippen molar-refractivity contribution < 1.29 is 0 Å². The number of pyridine rings is 2. The van der Waals surface area contributed by atoms with E-state index in [1.165, 1.54) is 0 Å². The standard InChI is InChI=1S/C18H16N4/c1-2-13(18(22-19)17-9-5-6-11-20-17)14-10-12-21-16-8-4-3-7-15(14)16/h2-12H,19H2,1H3/b13-2-,22-18+. The van der Waals surface area contributed by atoms with Crippen LogP contribution in [0.1, 0.15) is 18.2 Å². The lowest BCUT2D eigenvalue weighted by Crippen LogP contribution is -2.09. The minimum absolute atomic E-state index is 0.666. The summed E-state index contributed by atoms with van der Waals surface area (Å²) in [6.07, 6.45) is 5.54. The number of rotatable bonds is 3. The van der Waals surface area contributed by atoms with Crippen LogP contribution in [0.3, 0.4) is 0 Å². The summed E-state index contributed by atoms with van der Waals surface area (Å²) in [7, 11) is 0. The van der Waals surface area contributed by atoms with E-state index in [1.54, 1.807) is 12.4 Å². The Morgan fingerprint density at radius 3 is 2.55 bits per heavy atom. The molecule has 0 atom stereocenters. The van der Waals surface area contributed by atoms with E-state index >= 15 is 0 Å². The van der Waals surface area contributed by atoms with Gasteiger partial charge in [-0.3, -0.25) is 9.97 Å². The van der Waals surface area contributed by atoms with Gasteiger partial charge in [0.05, 0.1) is 11.2 Å². The van der Waals surface area contributed by atoms with Crippen LogP contribution in [0, 0.1) is 0 Å². The summed E-state index contributed by atoms with van der Waals surface area (Å²) in [6.45, 7) is 1.97. The number of hydrogen-bond donors (Lipinski definition) is 1. The van der Waals surface area contributed by atoms with Crippen LogP contribution in [0.15, 0.2) is 72.1 Å². The highest BCUT2D eigenvalue weighted by atomic mass is 15.1. The Kier molecular flexibility index (Phi) is 3.92. The number of hydrogen-bond acceptors (Lipinski definition) is 4. The van der Waals surface area contributed by atoms with Crippen molar-refractivity contribution >= 4 is 22.2 Å². The lowest BCUT2D eigenvalue weighted by atomic mass is 9.95. The first kappa shape index (κ1) is 13.9. The van der Waals surface area contributed by atoms with Gasteiger partial charge < -0.3 is 5.84 Å². The maximum absolute atomic E-state index is 5.65. The summed E-state index contributed by atoms with van der Waals surface area (Å²) in [5.41, 5.74) is 4.35. The molecule has 108 valence electrons. The average molecular weight is 288 g/mol. The van der Waals surface area contributed by atoms with E-state index in [4.69, 9.17) is 5.84 Å². The highest BCUT2D eigenvalue weighted by molar-refractivity contribution is 6.32. The van der Waals surface area contributed by atoms with E-state index < -0.39 is 0 Å². The predicted molar refractivity (Wildman–Crippen MR) is 90.4 cm³/mol. The van der Waals surface area contributed by atoms with Crippen molar-refractivity contribution in [2.24, 2.45) is 10.9 Å². The van der Waals surface area contributed by atoms with Crippen molar-refractivity contribution in [3.05, 3.63) is 78.3 Å². The molecule has 3 aromatic rings. The van der Waals surface area contributed by atoms with E-state index in [2.05, 4.69) is 15.1 Å². The SMILES string of the molecule is C/C=C(\C(=N/N)c1ccccn1)c1ccnc2ccccc12. The van der Waals surface area contributed by atoms with Gasteiger partial charge in [0, 0.05) is 23.4 Å². The number of para-hydroxylation sites is 1. The third kappa shape index (κ3) is 2.46. The van der Waals surface area contributed by atoms with Gasteiger partial charge in [-0.05, 0) is 36.8 Å². The Balaban J connectivity index is 2.19. The van der Waals surface area contributed by atoms with Crippen molar-refractivity contribution in [3.8, 4) is 0 Å². The molecule has 4 nitrogen and oxygen atoms in total. The van der Waals surface area contributed by atoms with Gasteiger partial charge in [0.2, 0.25) is 0 Å². The van der Waals surface area contributed by atoms with E-state index in [-0.39, 0.29) is 0 Å². The minimum atomic E-state index is 0.666. The molecule has 0 bridgehead atoms. The molecule has 0 aliphatic carbocycles. The molecule has 3 rings (SSSR count). The Labute approximate surface area is 129 Å². The Bertz CT molecular complexity index is 846. The van der Waals surface area contributed by atoms with Crippen molar-refractivity contribution in [1.82, 2.24) is 9.97 Å². The first-order chi connectivity index (χ1) is 10.8. The zero-order valence-corrected chi connectivity index (χ0v) is 12.3. The first-order valence-corrected chi connectivity index (χ1v) is 7.05. The number of fused-ring (bicyclic) bond motifs is 1. The highest BCUT2D eigenvalue weighted by Crippen LogP contribution is 2.26. The van der Waals surface area contributed by atoms with Gasteiger partial charge >= 0.3 is 0 Å². The third-order valence-electron chi connectivity index (χ3n) is 3.52. The lowest BCUT2D eigenvalue weighted by Gasteiger charge is -2.12. The molecule has 0 amide bonds. The molecule has 0 radical (unpaired) electrons. The highest BCUT2D eigenvalue weighted by Gasteiger charge is 2.15. The Hall–Kier alpha value is -3.01. The molecule has 0 saturated heterocycles. The number of benzene rings is 1. The van der Waals surface area contributed by atoms with Gasteiger partial charge in [-0.2, -0.15) is 5.10 Å². The summed E-state index contributed by atoms with van der Waals surface area (Å²) < 4.78 is 0. The molecular weight excluding hydrogens is 272 g/mol. The normalized spacial score (nSPS) is 12.6. The second kappa shape index (κ2) is 6.18. The lowest BCUT2D eigenvalue weighted by molar-refractivity contribution is 1.22. The third-order valence-corrected chi connectivity index (χ3v) is 3.52. The van der Waals surface area contributed by atoms with Crippen LogP contribution in [-0.4, -0.2) is 15.7 Å². The zero-order chi connectivity index (χ0) is 15.4. The van der Waals surface area contributed by atoms with Crippen molar-refractivity contribution in [2.75, 3.05) is 0 Å². The largest absolute Gasteiger partial charge is 0.323 e. The molecular formula is C18H16N4. The van der Waals surface area contributed by atoms with Crippen LogP contribution >= 0.6 is 0 Å². The van der Waals surface area contributed by atoms with Gasteiger partial charge in [-0.15, -0.1) is 0 Å². The number of hydrazone groups is 1. The van der Waals surface area contributed by atoms with Gasteiger partial charge in [0.25, 0.3) is 0 Å². The van der Waals surface area contributed by atoms with Gasteiger partial charge in [-0.1, -0.05) is 30.3 Å². The quantitative estimate of drug-likeness (QED) is 0.456. The molecule has 4 heteroatoms. The van der Waals surface area contributed by atoms with Crippen LogP contribution in [0.25, 0.3) is 16.5 Å². The predicted octanol–water partition coefficient (Wildman–Crippen LogP) is 3.40. The fourth-order valence-corrected chi connectivity index (χ4v) is 2.53. The molecule has 0 spiro atoms. The van der Waals surface area contributed by atoms with Crippen LogP contribution in [0.2, 0.25) is 0 Å².